The number of carbonyl (C=O) groups is 1. The van der Waals surface area contributed by atoms with Crippen molar-refractivity contribution in [1.82, 2.24) is 15.1 Å². The van der Waals surface area contributed by atoms with Crippen LogP contribution in [0.1, 0.15) is 44.6 Å². The summed E-state index contributed by atoms with van der Waals surface area (Å²) in [6, 6.07) is 16.4. The highest BCUT2D eigenvalue weighted by Crippen LogP contribution is 2.36. The first kappa shape index (κ1) is 20.6. The van der Waals surface area contributed by atoms with Crippen molar-refractivity contribution in [3.63, 3.8) is 0 Å². The molecule has 1 heterocycles. The van der Waals surface area contributed by atoms with Gasteiger partial charge >= 0.3 is 6.03 Å². The van der Waals surface area contributed by atoms with Crippen LogP contribution in [0.2, 0.25) is 0 Å². The Morgan fingerprint density at radius 1 is 1.12 bits per heavy atom. The summed E-state index contributed by atoms with van der Waals surface area (Å²) in [6.07, 6.45) is 9.24. The number of urea groups is 1. The van der Waals surface area contributed by atoms with Crippen molar-refractivity contribution in [2.24, 2.45) is 5.92 Å². The van der Waals surface area contributed by atoms with Crippen molar-refractivity contribution in [3.05, 3.63) is 66.5 Å². The molecule has 2 N–H and O–H groups in total. The summed E-state index contributed by atoms with van der Waals surface area (Å²) >= 11 is 0. The number of anilines is 1. The number of benzene rings is 2. The van der Waals surface area contributed by atoms with Crippen molar-refractivity contribution in [1.29, 1.82) is 0 Å². The van der Waals surface area contributed by atoms with Crippen LogP contribution in [0.5, 0.6) is 5.75 Å². The summed E-state index contributed by atoms with van der Waals surface area (Å²) < 4.78 is 6.43. The molecule has 2 aromatic carbocycles. The number of nitrogens with zero attached hydrogens (tertiary/aromatic N) is 2. The zero-order valence-electron chi connectivity index (χ0n) is 18.5. The van der Waals surface area contributed by atoms with Crippen molar-refractivity contribution in [2.75, 3.05) is 5.32 Å². The molecule has 3 aromatic rings. The second-order valence-electron chi connectivity index (χ2n) is 9.13. The SMILES string of the molecule is CC1CC[C@H](Oc2cc(-c3cn[nH]c3)ccc2NC(=O)N(Cc2ccccc2)C2CC2)C1. The van der Waals surface area contributed by atoms with E-state index < -0.39 is 0 Å². The Kier molecular flexibility index (Phi) is 5.84. The smallest absolute Gasteiger partial charge is 0.322 e. The normalized spacial score (nSPS) is 20.2. The van der Waals surface area contributed by atoms with Gasteiger partial charge in [0.2, 0.25) is 0 Å². The van der Waals surface area contributed by atoms with E-state index in [1.807, 2.05) is 47.5 Å². The maximum Gasteiger partial charge on any atom is 0.322 e. The van der Waals surface area contributed by atoms with Crippen LogP contribution in [0.25, 0.3) is 11.1 Å². The third kappa shape index (κ3) is 4.79. The van der Waals surface area contributed by atoms with Crippen LogP contribution in [0.4, 0.5) is 10.5 Å². The number of carbonyl (C=O) groups excluding carboxylic acids is 1. The summed E-state index contributed by atoms with van der Waals surface area (Å²) in [5.41, 5.74) is 3.87. The van der Waals surface area contributed by atoms with Gasteiger partial charge in [0.05, 0.1) is 18.0 Å². The van der Waals surface area contributed by atoms with E-state index in [1.165, 1.54) is 6.42 Å². The molecule has 0 radical (unpaired) electrons. The van der Waals surface area contributed by atoms with Gasteiger partial charge in [0, 0.05) is 24.3 Å². The lowest BCUT2D eigenvalue weighted by molar-refractivity contribution is 0.201. The fraction of sp³-hybridized carbons (Fsp3) is 0.385. The summed E-state index contributed by atoms with van der Waals surface area (Å²) in [5, 5.41) is 10.1. The molecule has 1 unspecified atom stereocenters. The number of rotatable bonds is 7. The van der Waals surface area contributed by atoms with E-state index in [0.717, 1.165) is 53.8 Å². The first-order valence-electron chi connectivity index (χ1n) is 11.6. The van der Waals surface area contributed by atoms with E-state index in [4.69, 9.17) is 4.74 Å². The predicted octanol–water partition coefficient (Wildman–Crippen LogP) is 5.84. The minimum Gasteiger partial charge on any atom is -0.488 e. The Hall–Kier alpha value is -3.28. The van der Waals surface area contributed by atoms with Crippen LogP contribution < -0.4 is 10.1 Å². The molecule has 2 aliphatic carbocycles. The van der Waals surface area contributed by atoms with Crippen LogP contribution in [-0.4, -0.2) is 33.3 Å². The molecule has 0 aliphatic heterocycles. The van der Waals surface area contributed by atoms with E-state index in [9.17, 15) is 4.79 Å². The molecule has 5 rings (SSSR count). The third-order valence-corrected chi connectivity index (χ3v) is 6.44. The average molecular weight is 431 g/mol. The van der Waals surface area contributed by atoms with Gasteiger partial charge in [-0.25, -0.2) is 4.79 Å². The van der Waals surface area contributed by atoms with Crippen LogP contribution in [-0.2, 0) is 6.54 Å². The van der Waals surface area contributed by atoms with Gasteiger partial charge in [-0.2, -0.15) is 5.10 Å². The number of aromatic nitrogens is 2. The molecule has 6 nitrogen and oxygen atoms in total. The Morgan fingerprint density at radius 3 is 2.66 bits per heavy atom. The zero-order valence-corrected chi connectivity index (χ0v) is 18.5. The minimum absolute atomic E-state index is 0.0722. The fourth-order valence-corrected chi connectivity index (χ4v) is 4.47. The molecule has 2 amide bonds. The lowest BCUT2D eigenvalue weighted by Crippen LogP contribution is -2.36. The summed E-state index contributed by atoms with van der Waals surface area (Å²) in [4.78, 5) is 15.2. The lowest BCUT2D eigenvalue weighted by Gasteiger charge is -2.24. The van der Waals surface area contributed by atoms with Gasteiger partial charge in [-0.3, -0.25) is 5.10 Å². The molecule has 0 spiro atoms. The van der Waals surface area contributed by atoms with E-state index in [-0.39, 0.29) is 12.1 Å². The molecule has 2 fully saturated rings. The second-order valence-corrected chi connectivity index (χ2v) is 9.13. The van der Waals surface area contributed by atoms with Gasteiger partial charge in [-0.1, -0.05) is 43.3 Å². The number of H-pyrrole nitrogens is 1. The van der Waals surface area contributed by atoms with Crippen molar-refractivity contribution in [3.8, 4) is 16.9 Å². The largest absolute Gasteiger partial charge is 0.488 e. The first-order chi connectivity index (χ1) is 15.7. The first-order valence-corrected chi connectivity index (χ1v) is 11.6. The highest BCUT2D eigenvalue weighted by Gasteiger charge is 2.33. The number of aromatic amines is 1. The number of ether oxygens (including phenoxy) is 1. The quantitative estimate of drug-likeness (QED) is 0.495. The molecule has 166 valence electrons. The molecule has 0 bridgehead atoms. The van der Waals surface area contributed by atoms with E-state index in [2.05, 4.69) is 34.6 Å². The van der Waals surface area contributed by atoms with E-state index in [1.54, 1.807) is 6.20 Å². The highest BCUT2D eigenvalue weighted by molar-refractivity contribution is 5.92. The molecule has 2 aliphatic rings. The van der Waals surface area contributed by atoms with Gasteiger partial charge in [-0.15, -0.1) is 0 Å². The molecule has 2 atom stereocenters. The maximum atomic E-state index is 13.3. The van der Waals surface area contributed by atoms with Crippen molar-refractivity contribution < 1.29 is 9.53 Å². The van der Waals surface area contributed by atoms with Crippen molar-refractivity contribution in [2.45, 2.75) is 57.7 Å². The molecular weight excluding hydrogens is 400 g/mol. The third-order valence-electron chi connectivity index (χ3n) is 6.44. The summed E-state index contributed by atoms with van der Waals surface area (Å²) in [6.45, 7) is 2.88. The lowest BCUT2D eigenvalue weighted by atomic mass is 10.1. The van der Waals surface area contributed by atoms with E-state index in [0.29, 0.717) is 18.5 Å². The Balaban J connectivity index is 1.37. The van der Waals surface area contributed by atoms with Gasteiger partial charge in [0.15, 0.2) is 0 Å². The second kappa shape index (κ2) is 9.07. The molecule has 32 heavy (non-hydrogen) atoms. The maximum absolute atomic E-state index is 13.3. The predicted molar refractivity (Wildman–Crippen MR) is 125 cm³/mol. The minimum atomic E-state index is -0.0722. The zero-order chi connectivity index (χ0) is 21.9. The highest BCUT2D eigenvalue weighted by atomic mass is 16.5. The standard InChI is InChI=1S/C26H30N4O2/c1-18-7-11-23(13-18)32-25-14-20(21-15-27-28-16-21)8-12-24(25)29-26(31)30(22-9-10-22)17-19-5-3-2-4-6-19/h2-6,8,12,14-16,18,22-23H,7,9-11,13,17H2,1H3,(H,27,28)(H,29,31)/t18?,23-/m0/s1. The van der Waals surface area contributed by atoms with Gasteiger partial charge < -0.3 is 15.0 Å². The fourth-order valence-electron chi connectivity index (χ4n) is 4.47. The Labute approximate surface area is 189 Å². The van der Waals surface area contributed by atoms with Gasteiger partial charge in [-0.05, 0) is 61.3 Å². The van der Waals surface area contributed by atoms with Gasteiger partial charge in [0.25, 0.3) is 0 Å². The molecule has 2 saturated carbocycles. The topological polar surface area (TPSA) is 70.2 Å². The summed E-state index contributed by atoms with van der Waals surface area (Å²) in [5.74, 6) is 1.40. The average Bonchev–Trinajstić information content (AvgIpc) is 3.32. The molecule has 0 saturated heterocycles. The number of nitrogens with one attached hydrogen (secondary N) is 2. The number of amides is 2. The molecule has 1 aromatic heterocycles. The van der Waals surface area contributed by atoms with Crippen molar-refractivity contribution >= 4 is 11.7 Å². The monoisotopic (exact) mass is 430 g/mol. The molecular formula is C26H30N4O2. The van der Waals surface area contributed by atoms with E-state index >= 15 is 0 Å². The van der Waals surface area contributed by atoms with Crippen LogP contribution in [0.3, 0.4) is 0 Å². The van der Waals surface area contributed by atoms with Crippen LogP contribution in [0.15, 0.2) is 60.9 Å². The Morgan fingerprint density at radius 2 is 1.97 bits per heavy atom. The summed E-state index contributed by atoms with van der Waals surface area (Å²) in [7, 11) is 0. The number of hydrogen-bond acceptors (Lipinski definition) is 3. The van der Waals surface area contributed by atoms with Crippen LogP contribution >= 0.6 is 0 Å². The number of hydrogen-bond donors (Lipinski definition) is 2. The van der Waals surface area contributed by atoms with Crippen LogP contribution in [0, 0.1) is 5.92 Å². The Bertz CT molecular complexity index is 1050. The van der Waals surface area contributed by atoms with Gasteiger partial charge in [0.1, 0.15) is 5.75 Å². The molecule has 6 heteroatoms.